The third-order valence-corrected chi connectivity index (χ3v) is 2.97. The summed E-state index contributed by atoms with van der Waals surface area (Å²) in [5.41, 5.74) is 0.931. The molecule has 1 heterocycles. The van der Waals surface area contributed by atoms with Gasteiger partial charge in [0.1, 0.15) is 37.4 Å². The van der Waals surface area contributed by atoms with Gasteiger partial charge in [0.2, 0.25) is 0 Å². The number of rotatable bonds is 7. The average Bonchev–Trinajstić information content (AvgIpc) is 3.12. The number of nitrogens with zero attached hydrogens (tertiary/aromatic N) is 4. The lowest BCUT2D eigenvalue weighted by Crippen LogP contribution is -2.09. The van der Waals surface area contributed by atoms with Crippen molar-refractivity contribution in [1.82, 2.24) is 14.9 Å². The summed E-state index contributed by atoms with van der Waals surface area (Å²) in [5.74, 6) is 1.61. The van der Waals surface area contributed by atoms with Crippen LogP contribution in [0.3, 0.4) is 0 Å². The molecule has 6 nitrogen and oxygen atoms in total. The highest BCUT2D eigenvalue weighted by Crippen LogP contribution is 2.13. The monoisotopic (exact) mass is 308 g/mol. The summed E-state index contributed by atoms with van der Waals surface area (Å²) < 4.78 is 12.8. The zero-order valence-electron chi connectivity index (χ0n) is 12.4. The lowest BCUT2D eigenvalue weighted by atomic mass is 10.2. The van der Waals surface area contributed by atoms with Crippen molar-refractivity contribution in [2.24, 2.45) is 5.10 Å². The molecule has 0 spiro atoms. The van der Waals surface area contributed by atoms with Crippen molar-refractivity contribution in [1.29, 1.82) is 0 Å². The molecule has 1 aromatic heterocycles. The fraction of sp³-hybridized carbons (Fsp3) is 0.118. The molecule has 0 atom stereocenters. The zero-order chi connectivity index (χ0) is 15.7. The van der Waals surface area contributed by atoms with E-state index < -0.39 is 0 Å². The topological polar surface area (TPSA) is 61.5 Å². The first-order chi connectivity index (χ1) is 11.4. The van der Waals surface area contributed by atoms with Crippen LogP contribution in [0.15, 0.2) is 72.4 Å². The Morgan fingerprint density at radius 1 is 0.870 bits per heavy atom. The lowest BCUT2D eigenvalue weighted by molar-refractivity contribution is 0.217. The van der Waals surface area contributed by atoms with Gasteiger partial charge >= 0.3 is 0 Å². The van der Waals surface area contributed by atoms with Gasteiger partial charge in [0.05, 0.1) is 6.21 Å². The van der Waals surface area contributed by atoms with Crippen LogP contribution in [-0.2, 0) is 0 Å². The first-order valence-corrected chi connectivity index (χ1v) is 7.20. The molecule has 23 heavy (non-hydrogen) atoms. The molecule has 0 N–H and O–H groups in total. The highest BCUT2D eigenvalue weighted by atomic mass is 16.5. The molecular formula is C17H16N4O2. The van der Waals surface area contributed by atoms with E-state index >= 15 is 0 Å². The Kier molecular flexibility index (Phi) is 4.97. The first-order valence-electron chi connectivity index (χ1n) is 7.20. The van der Waals surface area contributed by atoms with E-state index in [9.17, 15) is 0 Å². The summed E-state index contributed by atoms with van der Waals surface area (Å²) in [6.45, 7) is 0.962. The Morgan fingerprint density at radius 3 is 2.35 bits per heavy atom. The van der Waals surface area contributed by atoms with Crippen molar-refractivity contribution in [3.8, 4) is 11.5 Å². The van der Waals surface area contributed by atoms with Gasteiger partial charge in [0, 0.05) is 0 Å². The molecule has 0 aliphatic heterocycles. The van der Waals surface area contributed by atoms with Crippen LogP contribution in [0.25, 0.3) is 0 Å². The molecule has 3 rings (SSSR count). The van der Waals surface area contributed by atoms with Gasteiger partial charge in [0.25, 0.3) is 0 Å². The van der Waals surface area contributed by atoms with Crippen molar-refractivity contribution in [3.05, 3.63) is 72.8 Å². The summed E-state index contributed by atoms with van der Waals surface area (Å²) >= 11 is 0. The fourth-order valence-corrected chi connectivity index (χ4v) is 1.91. The predicted octanol–water partition coefficient (Wildman–Crippen LogP) is 2.62. The highest BCUT2D eigenvalue weighted by Gasteiger charge is 1.97. The third kappa shape index (κ3) is 4.67. The SMILES string of the molecule is C(=Nn1cnnc1)c1cccc(OCCOc2ccccc2)c1. The molecule has 3 aromatic rings. The van der Waals surface area contributed by atoms with Crippen LogP contribution in [0.5, 0.6) is 11.5 Å². The maximum Gasteiger partial charge on any atom is 0.141 e. The van der Waals surface area contributed by atoms with E-state index in [2.05, 4.69) is 15.3 Å². The summed E-state index contributed by atoms with van der Waals surface area (Å²) in [4.78, 5) is 0. The van der Waals surface area contributed by atoms with Crippen LogP contribution >= 0.6 is 0 Å². The zero-order valence-corrected chi connectivity index (χ0v) is 12.4. The van der Waals surface area contributed by atoms with Gasteiger partial charge in [-0.2, -0.15) is 5.10 Å². The summed E-state index contributed by atoms with van der Waals surface area (Å²) in [5, 5.41) is 11.6. The van der Waals surface area contributed by atoms with E-state index in [1.165, 1.54) is 17.3 Å². The summed E-state index contributed by atoms with van der Waals surface area (Å²) in [7, 11) is 0. The fourth-order valence-electron chi connectivity index (χ4n) is 1.91. The van der Waals surface area contributed by atoms with E-state index in [0.717, 1.165) is 17.1 Å². The molecule has 0 aliphatic rings. The van der Waals surface area contributed by atoms with Gasteiger partial charge in [-0.15, -0.1) is 10.2 Å². The number of hydrogen-bond acceptors (Lipinski definition) is 5. The van der Waals surface area contributed by atoms with E-state index in [-0.39, 0.29) is 0 Å². The average molecular weight is 308 g/mol. The quantitative estimate of drug-likeness (QED) is 0.497. The van der Waals surface area contributed by atoms with Crippen LogP contribution in [0.4, 0.5) is 0 Å². The van der Waals surface area contributed by atoms with Crippen LogP contribution < -0.4 is 9.47 Å². The maximum absolute atomic E-state index is 5.69. The van der Waals surface area contributed by atoms with Crippen LogP contribution in [0.2, 0.25) is 0 Å². The first kappa shape index (κ1) is 14.8. The molecule has 2 aromatic carbocycles. The van der Waals surface area contributed by atoms with Crippen molar-refractivity contribution in [3.63, 3.8) is 0 Å². The molecule has 0 radical (unpaired) electrons. The molecule has 0 saturated heterocycles. The standard InChI is InChI=1S/C17H16N4O2/c1-2-6-16(7-3-1)22-9-10-23-17-8-4-5-15(11-17)12-20-21-13-18-19-14-21/h1-8,11-14H,9-10H2. The minimum atomic E-state index is 0.473. The molecule has 6 heteroatoms. The molecule has 0 saturated carbocycles. The van der Waals surface area contributed by atoms with Gasteiger partial charge < -0.3 is 9.47 Å². The minimum Gasteiger partial charge on any atom is -0.490 e. The van der Waals surface area contributed by atoms with Crippen LogP contribution in [0.1, 0.15) is 5.56 Å². The van der Waals surface area contributed by atoms with Gasteiger partial charge in [0.15, 0.2) is 0 Å². The Bertz CT molecular complexity index is 742. The van der Waals surface area contributed by atoms with Crippen molar-refractivity contribution >= 4 is 6.21 Å². The Balaban J connectivity index is 1.49. The Hall–Kier alpha value is -3.15. The third-order valence-electron chi connectivity index (χ3n) is 2.97. The van der Waals surface area contributed by atoms with Gasteiger partial charge in [-0.05, 0) is 29.8 Å². The maximum atomic E-state index is 5.69. The number of hydrogen-bond donors (Lipinski definition) is 0. The lowest BCUT2D eigenvalue weighted by Gasteiger charge is -2.08. The van der Waals surface area contributed by atoms with Gasteiger partial charge in [-0.3, -0.25) is 0 Å². The van der Waals surface area contributed by atoms with E-state index in [1.54, 1.807) is 6.21 Å². The van der Waals surface area contributed by atoms with E-state index in [1.807, 2.05) is 54.6 Å². The smallest absolute Gasteiger partial charge is 0.141 e. The predicted molar refractivity (Wildman–Crippen MR) is 86.9 cm³/mol. The number of aromatic nitrogens is 3. The largest absolute Gasteiger partial charge is 0.490 e. The molecule has 0 fully saturated rings. The summed E-state index contributed by atoms with van der Waals surface area (Å²) in [6, 6.07) is 17.3. The van der Waals surface area contributed by atoms with Crippen LogP contribution in [-0.4, -0.2) is 34.3 Å². The normalized spacial score (nSPS) is 10.8. The van der Waals surface area contributed by atoms with Crippen LogP contribution in [0, 0.1) is 0 Å². The number of para-hydroxylation sites is 1. The second kappa shape index (κ2) is 7.74. The van der Waals surface area contributed by atoms with Gasteiger partial charge in [-0.1, -0.05) is 30.3 Å². The molecule has 0 aliphatic carbocycles. The number of benzene rings is 2. The summed E-state index contributed by atoms with van der Waals surface area (Å²) in [6.07, 6.45) is 4.77. The van der Waals surface area contributed by atoms with Crippen molar-refractivity contribution < 1.29 is 9.47 Å². The highest BCUT2D eigenvalue weighted by molar-refractivity contribution is 5.80. The molecule has 0 unspecified atom stereocenters. The number of ether oxygens (including phenoxy) is 2. The second-order valence-electron chi connectivity index (χ2n) is 4.67. The van der Waals surface area contributed by atoms with Crippen molar-refractivity contribution in [2.75, 3.05) is 13.2 Å². The van der Waals surface area contributed by atoms with E-state index in [4.69, 9.17) is 9.47 Å². The molecule has 0 amide bonds. The minimum absolute atomic E-state index is 0.473. The molecular weight excluding hydrogens is 292 g/mol. The van der Waals surface area contributed by atoms with E-state index in [0.29, 0.717) is 13.2 Å². The molecule has 0 bridgehead atoms. The van der Waals surface area contributed by atoms with Gasteiger partial charge in [-0.25, -0.2) is 4.68 Å². The Labute approximate surface area is 134 Å². The Morgan fingerprint density at radius 2 is 1.57 bits per heavy atom. The van der Waals surface area contributed by atoms with Crippen molar-refractivity contribution in [2.45, 2.75) is 0 Å². The molecule has 116 valence electrons. The second-order valence-corrected chi connectivity index (χ2v) is 4.67.